The molecule has 0 aliphatic carbocycles. The number of hydrogen-bond donors (Lipinski definition) is 1. The van der Waals surface area contributed by atoms with Crippen LogP contribution in [0.2, 0.25) is 5.02 Å². The maximum absolute atomic E-state index is 11.0. The molecule has 1 amide bonds. The lowest BCUT2D eigenvalue weighted by atomic mass is 10.2. The van der Waals surface area contributed by atoms with Crippen LogP contribution in [-0.2, 0) is 4.74 Å². The molecule has 1 N–H and O–H groups in total. The quantitative estimate of drug-likeness (QED) is 0.812. The van der Waals surface area contributed by atoms with Gasteiger partial charge in [-0.25, -0.2) is 4.79 Å². The molecule has 0 fully saturated rings. The summed E-state index contributed by atoms with van der Waals surface area (Å²) in [7, 11) is 0. The topological polar surface area (TPSA) is 38.3 Å². The summed E-state index contributed by atoms with van der Waals surface area (Å²) in [4.78, 5) is 11.4. The van der Waals surface area contributed by atoms with Gasteiger partial charge in [0.1, 0.15) is 4.99 Å². The highest BCUT2D eigenvalue weighted by molar-refractivity contribution is 7.80. The lowest BCUT2D eigenvalue weighted by molar-refractivity contribution is 0.158. The number of amides is 1. The van der Waals surface area contributed by atoms with Crippen molar-refractivity contribution in [2.45, 2.75) is 6.92 Å². The Morgan fingerprint density at radius 3 is 2.60 bits per heavy atom. The minimum Gasteiger partial charge on any atom is -0.450 e. The standard InChI is InChI=1S/C10H10ClNO2S/c1-2-14-10(13)12-9(15)7-3-5-8(11)6-4-7/h3-6H,2H2,1H3,(H,12,13,15). The first kappa shape index (κ1) is 11.9. The lowest BCUT2D eigenvalue weighted by Gasteiger charge is -2.06. The van der Waals surface area contributed by atoms with Crippen molar-refractivity contribution in [2.75, 3.05) is 6.61 Å². The van der Waals surface area contributed by atoms with Gasteiger partial charge in [0.05, 0.1) is 6.61 Å². The van der Waals surface area contributed by atoms with Crippen molar-refractivity contribution in [1.82, 2.24) is 5.32 Å². The molecule has 3 nitrogen and oxygen atoms in total. The number of carbonyl (C=O) groups excluding carboxylic acids is 1. The number of hydrogen-bond acceptors (Lipinski definition) is 3. The van der Waals surface area contributed by atoms with Gasteiger partial charge in [-0.15, -0.1) is 0 Å². The predicted molar refractivity (Wildman–Crippen MR) is 63.3 cm³/mol. The summed E-state index contributed by atoms with van der Waals surface area (Å²) in [5, 5.41) is 3.07. The number of alkyl carbamates (subject to hydrolysis) is 1. The second-order valence-electron chi connectivity index (χ2n) is 2.68. The summed E-state index contributed by atoms with van der Waals surface area (Å²) in [6.07, 6.45) is -0.544. The minimum atomic E-state index is -0.544. The van der Waals surface area contributed by atoms with Crippen LogP contribution < -0.4 is 5.32 Å². The number of ether oxygens (including phenoxy) is 1. The smallest absolute Gasteiger partial charge is 0.412 e. The molecule has 0 aliphatic rings. The van der Waals surface area contributed by atoms with E-state index in [-0.39, 0.29) is 0 Å². The fourth-order valence-corrected chi connectivity index (χ4v) is 1.28. The molecular weight excluding hydrogens is 234 g/mol. The summed E-state index contributed by atoms with van der Waals surface area (Å²) in [6.45, 7) is 2.04. The summed E-state index contributed by atoms with van der Waals surface area (Å²) in [5.74, 6) is 0. The third-order valence-corrected chi connectivity index (χ3v) is 2.19. The van der Waals surface area contributed by atoms with Crippen molar-refractivity contribution in [2.24, 2.45) is 0 Å². The molecule has 1 rings (SSSR count). The van der Waals surface area contributed by atoms with Crippen LogP contribution in [0.25, 0.3) is 0 Å². The Hall–Kier alpha value is -1.13. The van der Waals surface area contributed by atoms with Crippen LogP contribution in [0.5, 0.6) is 0 Å². The first-order valence-electron chi connectivity index (χ1n) is 4.37. The van der Waals surface area contributed by atoms with Gasteiger partial charge in [-0.05, 0) is 19.1 Å². The van der Waals surface area contributed by atoms with Gasteiger partial charge in [-0.1, -0.05) is 36.0 Å². The molecule has 0 aliphatic heterocycles. The van der Waals surface area contributed by atoms with Crippen molar-refractivity contribution < 1.29 is 9.53 Å². The summed E-state index contributed by atoms with van der Waals surface area (Å²) in [5.41, 5.74) is 0.724. The fourth-order valence-electron chi connectivity index (χ4n) is 0.933. The maximum Gasteiger partial charge on any atom is 0.412 e. The zero-order valence-corrected chi connectivity index (χ0v) is 9.69. The molecule has 1 aromatic carbocycles. The highest BCUT2D eigenvalue weighted by atomic mass is 35.5. The van der Waals surface area contributed by atoms with E-state index < -0.39 is 6.09 Å². The van der Waals surface area contributed by atoms with E-state index >= 15 is 0 Å². The fraction of sp³-hybridized carbons (Fsp3) is 0.200. The Morgan fingerprint density at radius 2 is 2.07 bits per heavy atom. The highest BCUT2D eigenvalue weighted by Crippen LogP contribution is 2.09. The first-order valence-corrected chi connectivity index (χ1v) is 5.15. The Kier molecular flexibility index (Phi) is 4.52. The van der Waals surface area contributed by atoms with Gasteiger partial charge in [0.25, 0.3) is 0 Å². The SMILES string of the molecule is CCOC(=O)NC(=S)c1ccc(Cl)cc1. The first-order chi connectivity index (χ1) is 7.13. The maximum atomic E-state index is 11.0. The molecule has 80 valence electrons. The summed E-state index contributed by atoms with van der Waals surface area (Å²) in [6, 6.07) is 6.87. The van der Waals surface area contributed by atoms with Crippen molar-refractivity contribution in [3.63, 3.8) is 0 Å². The molecule has 0 radical (unpaired) electrons. The Labute approximate surface area is 98.4 Å². The average molecular weight is 244 g/mol. The molecule has 0 heterocycles. The second-order valence-corrected chi connectivity index (χ2v) is 3.53. The van der Waals surface area contributed by atoms with Crippen molar-refractivity contribution in [3.8, 4) is 0 Å². The second kappa shape index (κ2) is 5.68. The van der Waals surface area contributed by atoms with Crippen LogP contribution in [-0.4, -0.2) is 17.7 Å². The van der Waals surface area contributed by atoms with E-state index in [4.69, 9.17) is 28.6 Å². The average Bonchev–Trinajstić information content (AvgIpc) is 2.18. The Morgan fingerprint density at radius 1 is 1.47 bits per heavy atom. The van der Waals surface area contributed by atoms with E-state index in [1.54, 1.807) is 31.2 Å². The van der Waals surface area contributed by atoms with E-state index in [1.807, 2.05) is 0 Å². The number of benzene rings is 1. The van der Waals surface area contributed by atoms with E-state index in [2.05, 4.69) is 5.32 Å². The third-order valence-electron chi connectivity index (χ3n) is 1.60. The van der Waals surface area contributed by atoms with Gasteiger partial charge in [-0.2, -0.15) is 0 Å². The Bertz CT molecular complexity index is 364. The minimum absolute atomic E-state index is 0.315. The normalized spacial score (nSPS) is 9.47. The van der Waals surface area contributed by atoms with E-state index in [1.165, 1.54) is 0 Å². The number of carbonyl (C=O) groups is 1. The van der Waals surface area contributed by atoms with Crippen LogP contribution in [0.4, 0.5) is 4.79 Å². The molecule has 5 heteroatoms. The van der Waals surface area contributed by atoms with E-state index in [9.17, 15) is 4.79 Å². The third kappa shape index (κ3) is 3.85. The molecule has 0 unspecified atom stereocenters. The van der Waals surface area contributed by atoms with Crippen LogP contribution >= 0.6 is 23.8 Å². The van der Waals surface area contributed by atoms with Crippen LogP contribution in [0.1, 0.15) is 12.5 Å². The number of rotatable bonds is 2. The van der Waals surface area contributed by atoms with E-state index in [0.717, 1.165) is 5.56 Å². The zero-order chi connectivity index (χ0) is 11.3. The number of thiocarbonyl (C=S) groups is 1. The monoisotopic (exact) mass is 243 g/mol. The Balaban J connectivity index is 2.61. The van der Waals surface area contributed by atoms with Gasteiger partial charge in [0.2, 0.25) is 0 Å². The predicted octanol–water partition coefficient (Wildman–Crippen LogP) is 2.76. The van der Waals surface area contributed by atoms with Crippen LogP contribution in [0.3, 0.4) is 0 Å². The van der Waals surface area contributed by atoms with E-state index in [0.29, 0.717) is 16.6 Å². The van der Waals surface area contributed by atoms with Gasteiger partial charge in [0, 0.05) is 10.6 Å². The van der Waals surface area contributed by atoms with Gasteiger partial charge < -0.3 is 4.74 Å². The van der Waals surface area contributed by atoms with Crippen molar-refractivity contribution in [1.29, 1.82) is 0 Å². The van der Waals surface area contributed by atoms with Crippen LogP contribution in [0.15, 0.2) is 24.3 Å². The molecule has 0 atom stereocenters. The zero-order valence-electron chi connectivity index (χ0n) is 8.12. The molecule has 0 saturated heterocycles. The summed E-state index contributed by atoms with van der Waals surface area (Å²) < 4.78 is 4.69. The molecule has 0 bridgehead atoms. The van der Waals surface area contributed by atoms with Gasteiger partial charge in [0.15, 0.2) is 0 Å². The largest absolute Gasteiger partial charge is 0.450 e. The molecule has 0 saturated carbocycles. The highest BCUT2D eigenvalue weighted by Gasteiger charge is 2.06. The van der Waals surface area contributed by atoms with Crippen LogP contribution in [0, 0.1) is 0 Å². The van der Waals surface area contributed by atoms with Crippen molar-refractivity contribution in [3.05, 3.63) is 34.9 Å². The molecule has 1 aromatic rings. The summed E-state index contributed by atoms with van der Waals surface area (Å²) >= 11 is 10.7. The number of nitrogens with one attached hydrogen (secondary N) is 1. The lowest BCUT2D eigenvalue weighted by Crippen LogP contribution is -2.30. The molecule has 0 spiro atoms. The number of halogens is 1. The molecule has 15 heavy (non-hydrogen) atoms. The molecule has 0 aromatic heterocycles. The van der Waals surface area contributed by atoms with Gasteiger partial charge >= 0.3 is 6.09 Å². The van der Waals surface area contributed by atoms with Gasteiger partial charge in [-0.3, -0.25) is 5.32 Å². The molecular formula is C10H10ClNO2S. The van der Waals surface area contributed by atoms with Crippen molar-refractivity contribution >= 4 is 34.9 Å².